The first kappa shape index (κ1) is 10.0. The Kier molecular flexibility index (Phi) is 6.53. The summed E-state index contributed by atoms with van der Waals surface area (Å²) in [6.45, 7) is 1.28. The zero-order chi connectivity index (χ0) is 8.53. The van der Waals surface area contributed by atoms with Gasteiger partial charge in [-0.2, -0.15) is 0 Å². The van der Waals surface area contributed by atoms with Crippen LogP contribution in [0.1, 0.15) is 6.92 Å². The fourth-order valence-corrected chi connectivity index (χ4v) is 0.385. The van der Waals surface area contributed by atoms with Gasteiger partial charge >= 0.3 is 5.97 Å². The van der Waals surface area contributed by atoms with Gasteiger partial charge in [0.15, 0.2) is 0 Å². The van der Waals surface area contributed by atoms with Gasteiger partial charge in [-0.15, -0.1) is 0 Å². The lowest BCUT2D eigenvalue weighted by atomic mass is 10.4. The molecule has 1 aromatic carbocycles. The highest BCUT2D eigenvalue weighted by atomic mass is 32.1. The van der Waals surface area contributed by atoms with Crippen molar-refractivity contribution in [1.29, 1.82) is 0 Å². The van der Waals surface area contributed by atoms with Gasteiger partial charge < -0.3 is 4.18 Å². The summed E-state index contributed by atoms with van der Waals surface area (Å²) in [5.41, 5.74) is 0. The molecule has 0 heterocycles. The third kappa shape index (κ3) is 9.04. The number of carbonyl (C=O) groups excluding carboxylic acids is 1. The van der Waals surface area contributed by atoms with E-state index in [-0.39, 0.29) is 5.97 Å². The number of carbonyl (C=O) groups is 1. The maximum atomic E-state index is 9.51. The van der Waals surface area contributed by atoms with Crippen LogP contribution in [0.15, 0.2) is 36.4 Å². The van der Waals surface area contributed by atoms with Crippen molar-refractivity contribution in [2.24, 2.45) is 0 Å². The lowest BCUT2D eigenvalue weighted by Gasteiger charge is -1.77. The van der Waals surface area contributed by atoms with E-state index in [2.05, 4.69) is 17.1 Å². The molecule has 0 aromatic heterocycles. The maximum Gasteiger partial charge on any atom is 0.314 e. The van der Waals surface area contributed by atoms with Crippen LogP contribution in [-0.2, 0) is 8.98 Å². The largest absolute Gasteiger partial charge is 0.395 e. The minimum atomic E-state index is -0.381. The van der Waals surface area contributed by atoms with Gasteiger partial charge in [-0.1, -0.05) is 36.4 Å². The molecule has 0 aliphatic heterocycles. The van der Waals surface area contributed by atoms with Crippen molar-refractivity contribution < 1.29 is 8.98 Å². The van der Waals surface area contributed by atoms with E-state index in [0.717, 1.165) is 0 Å². The highest BCUT2D eigenvalue weighted by molar-refractivity contribution is 7.75. The molecule has 3 heteroatoms. The number of thiol groups is 1. The Balaban J connectivity index is 0.000000187. The average molecular weight is 170 g/mol. The van der Waals surface area contributed by atoms with Crippen LogP contribution in [0.5, 0.6) is 0 Å². The van der Waals surface area contributed by atoms with Crippen LogP contribution < -0.4 is 0 Å². The van der Waals surface area contributed by atoms with Gasteiger partial charge in [0.1, 0.15) is 0 Å². The molecule has 1 rings (SSSR count). The van der Waals surface area contributed by atoms with E-state index in [9.17, 15) is 4.79 Å². The first-order chi connectivity index (χ1) is 5.27. The van der Waals surface area contributed by atoms with Crippen LogP contribution in [0.3, 0.4) is 0 Å². The highest BCUT2D eigenvalue weighted by Gasteiger charge is 1.77. The van der Waals surface area contributed by atoms with Crippen LogP contribution in [0, 0.1) is 0 Å². The Labute approximate surface area is 71.8 Å². The zero-order valence-electron chi connectivity index (χ0n) is 6.23. The Hall–Kier alpha value is -0.960. The van der Waals surface area contributed by atoms with Crippen molar-refractivity contribution in [3.05, 3.63) is 36.4 Å². The molecule has 0 fully saturated rings. The predicted molar refractivity (Wildman–Crippen MR) is 47.2 cm³/mol. The fraction of sp³-hybridized carbons (Fsp3) is 0.125. The van der Waals surface area contributed by atoms with Gasteiger partial charge in [-0.3, -0.25) is 4.79 Å². The normalized spacial score (nSPS) is 7.45. The van der Waals surface area contributed by atoms with Gasteiger partial charge in [-0.05, 0) is 0 Å². The molecule has 2 nitrogen and oxygen atoms in total. The quantitative estimate of drug-likeness (QED) is 0.476. The van der Waals surface area contributed by atoms with Crippen molar-refractivity contribution in [3.8, 4) is 0 Å². The summed E-state index contributed by atoms with van der Waals surface area (Å²) in [7, 11) is 0. The molecule has 11 heavy (non-hydrogen) atoms. The Morgan fingerprint density at radius 2 is 1.27 bits per heavy atom. The van der Waals surface area contributed by atoms with Gasteiger partial charge in [0.2, 0.25) is 0 Å². The molecule has 0 saturated heterocycles. The van der Waals surface area contributed by atoms with Crippen LogP contribution >= 0.6 is 12.9 Å². The minimum absolute atomic E-state index is 0.381. The van der Waals surface area contributed by atoms with E-state index in [4.69, 9.17) is 0 Å². The summed E-state index contributed by atoms with van der Waals surface area (Å²) >= 11 is 3.17. The van der Waals surface area contributed by atoms with Crippen molar-refractivity contribution >= 4 is 18.9 Å². The number of rotatable bonds is 0. The molecule has 0 aliphatic rings. The van der Waals surface area contributed by atoms with Crippen molar-refractivity contribution in [1.82, 2.24) is 0 Å². The fourth-order valence-electron chi connectivity index (χ4n) is 0.385. The lowest BCUT2D eigenvalue weighted by Crippen LogP contribution is -1.82. The Morgan fingerprint density at radius 1 is 1.09 bits per heavy atom. The van der Waals surface area contributed by atoms with Crippen LogP contribution in [0.2, 0.25) is 0 Å². The molecular weight excluding hydrogens is 160 g/mol. The second kappa shape index (κ2) is 7.15. The molecule has 0 radical (unpaired) electrons. The molecular formula is C8H10O2S. The number of benzene rings is 1. The first-order valence-electron chi connectivity index (χ1n) is 3.09. The van der Waals surface area contributed by atoms with E-state index >= 15 is 0 Å². The van der Waals surface area contributed by atoms with E-state index in [1.54, 1.807) is 0 Å². The van der Waals surface area contributed by atoms with Gasteiger partial charge in [0.25, 0.3) is 0 Å². The molecule has 0 atom stereocenters. The van der Waals surface area contributed by atoms with E-state index < -0.39 is 0 Å². The average Bonchev–Trinajstić information content (AvgIpc) is 2.09. The monoisotopic (exact) mass is 170 g/mol. The molecule has 0 N–H and O–H groups in total. The lowest BCUT2D eigenvalue weighted by molar-refractivity contribution is -0.130. The maximum absolute atomic E-state index is 9.51. The standard InChI is InChI=1S/C6H6.C2H4O2S/c1-2-4-6-5-3-1;1-2(3)4-5/h1-6H;5H,1H3. The van der Waals surface area contributed by atoms with Crippen molar-refractivity contribution in [3.63, 3.8) is 0 Å². The minimum Gasteiger partial charge on any atom is -0.395 e. The van der Waals surface area contributed by atoms with E-state index in [1.165, 1.54) is 6.92 Å². The Bertz CT molecular complexity index is 160. The predicted octanol–water partition coefficient (Wildman–Crippen LogP) is 2.08. The molecule has 0 unspecified atom stereocenters. The molecule has 0 aliphatic carbocycles. The summed E-state index contributed by atoms with van der Waals surface area (Å²) in [6.07, 6.45) is 0. The summed E-state index contributed by atoms with van der Waals surface area (Å²) in [6, 6.07) is 12.0. The third-order valence-corrected chi connectivity index (χ3v) is 1.05. The SMILES string of the molecule is CC(=O)OS.c1ccccc1. The van der Waals surface area contributed by atoms with Gasteiger partial charge in [-0.25, -0.2) is 0 Å². The van der Waals surface area contributed by atoms with Gasteiger partial charge in [0, 0.05) is 19.8 Å². The first-order valence-corrected chi connectivity index (χ1v) is 3.46. The topological polar surface area (TPSA) is 26.3 Å². The third-order valence-electron chi connectivity index (χ3n) is 0.795. The summed E-state index contributed by atoms with van der Waals surface area (Å²) in [4.78, 5) is 9.51. The Morgan fingerprint density at radius 3 is 1.36 bits per heavy atom. The molecule has 1 aromatic rings. The van der Waals surface area contributed by atoms with E-state index in [1.807, 2.05) is 36.4 Å². The zero-order valence-corrected chi connectivity index (χ0v) is 7.12. The summed E-state index contributed by atoms with van der Waals surface area (Å²) < 4.78 is 3.81. The summed E-state index contributed by atoms with van der Waals surface area (Å²) in [5.74, 6) is -0.381. The molecule has 0 amide bonds. The number of hydrogen-bond donors (Lipinski definition) is 1. The molecule has 60 valence electrons. The van der Waals surface area contributed by atoms with Crippen LogP contribution in [-0.4, -0.2) is 5.97 Å². The van der Waals surface area contributed by atoms with E-state index in [0.29, 0.717) is 0 Å². The van der Waals surface area contributed by atoms with Crippen LogP contribution in [0.25, 0.3) is 0 Å². The molecule has 0 bridgehead atoms. The highest BCUT2D eigenvalue weighted by Crippen LogP contribution is 1.79. The smallest absolute Gasteiger partial charge is 0.314 e. The van der Waals surface area contributed by atoms with Gasteiger partial charge in [0.05, 0.1) is 0 Å². The van der Waals surface area contributed by atoms with Crippen LogP contribution in [0.4, 0.5) is 0 Å². The van der Waals surface area contributed by atoms with Crippen molar-refractivity contribution in [2.45, 2.75) is 6.92 Å². The second-order valence-corrected chi connectivity index (χ2v) is 1.92. The molecule has 0 saturated carbocycles. The van der Waals surface area contributed by atoms with Crippen molar-refractivity contribution in [2.75, 3.05) is 0 Å². The summed E-state index contributed by atoms with van der Waals surface area (Å²) in [5, 5.41) is 0. The number of hydrogen-bond acceptors (Lipinski definition) is 3. The molecule has 0 spiro atoms. The second-order valence-electron chi connectivity index (χ2n) is 1.74.